The van der Waals surface area contributed by atoms with E-state index in [1.807, 2.05) is 6.92 Å². The van der Waals surface area contributed by atoms with Crippen LogP contribution >= 0.6 is 11.6 Å². The number of nitrogens with one attached hydrogen (secondary N) is 1. The van der Waals surface area contributed by atoms with Crippen LogP contribution in [-0.2, 0) is 16.4 Å². The van der Waals surface area contributed by atoms with E-state index < -0.39 is 9.84 Å². The van der Waals surface area contributed by atoms with Gasteiger partial charge in [0.25, 0.3) is 0 Å². The van der Waals surface area contributed by atoms with Crippen LogP contribution in [0.2, 0.25) is 5.02 Å². The Morgan fingerprint density at radius 2 is 2.08 bits per heavy atom. The summed E-state index contributed by atoms with van der Waals surface area (Å²) in [7, 11) is -1.84. The fourth-order valence-corrected chi connectivity index (χ4v) is 3.26. The molecule has 1 heterocycles. The van der Waals surface area contributed by atoms with E-state index in [2.05, 4.69) is 10.3 Å². The van der Waals surface area contributed by atoms with Crippen molar-refractivity contribution in [1.82, 2.24) is 4.98 Å². The largest absolute Gasteiger partial charge is 0.493 e. The lowest BCUT2D eigenvalue weighted by atomic mass is 10.2. The Morgan fingerprint density at radius 3 is 2.71 bits per heavy atom. The topological polar surface area (TPSA) is 77.5 Å². The maximum Gasteiger partial charge on any atom is 0.179 e. The standard InChI is InChI=1S/C16H19ClN2O4S/c1-4-23-15-12(17)8-11(9-13(15)22-2)10-19-16-14(24(3,20)21)6-5-7-18-16/h5-9H,4,10H2,1-3H3,(H,18,19). The molecule has 8 heteroatoms. The molecule has 1 aromatic heterocycles. The third-order valence-corrected chi connectivity index (χ3v) is 4.62. The highest BCUT2D eigenvalue weighted by molar-refractivity contribution is 7.90. The molecule has 0 spiro atoms. The molecule has 0 unspecified atom stereocenters. The molecule has 0 saturated carbocycles. The molecule has 1 aromatic carbocycles. The molecule has 6 nitrogen and oxygen atoms in total. The van der Waals surface area contributed by atoms with Crippen LogP contribution in [-0.4, -0.2) is 33.4 Å². The van der Waals surface area contributed by atoms with Crippen molar-refractivity contribution in [2.45, 2.75) is 18.4 Å². The fourth-order valence-electron chi connectivity index (χ4n) is 2.17. The third kappa shape index (κ3) is 4.30. The Bertz CT molecular complexity index is 825. The molecule has 0 aliphatic carbocycles. The fraction of sp³-hybridized carbons (Fsp3) is 0.312. The highest BCUT2D eigenvalue weighted by Gasteiger charge is 2.15. The van der Waals surface area contributed by atoms with Gasteiger partial charge in [-0.05, 0) is 36.8 Å². The van der Waals surface area contributed by atoms with Gasteiger partial charge in [-0.15, -0.1) is 0 Å². The first-order chi connectivity index (χ1) is 11.4. The average Bonchev–Trinajstić information content (AvgIpc) is 2.54. The molecule has 130 valence electrons. The molecule has 24 heavy (non-hydrogen) atoms. The quantitative estimate of drug-likeness (QED) is 0.806. The molecular weight excluding hydrogens is 352 g/mol. The predicted molar refractivity (Wildman–Crippen MR) is 93.8 cm³/mol. The zero-order chi connectivity index (χ0) is 17.7. The van der Waals surface area contributed by atoms with Crippen LogP contribution in [0.3, 0.4) is 0 Å². The van der Waals surface area contributed by atoms with Gasteiger partial charge in [-0.3, -0.25) is 0 Å². The maximum atomic E-state index is 11.8. The van der Waals surface area contributed by atoms with Crippen molar-refractivity contribution in [3.05, 3.63) is 41.0 Å². The van der Waals surface area contributed by atoms with Gasteiger partial charge in [0.15, 0.2) is 21.3 Å². The van der Waals surface area contributed by atoms with Gasteiger partial charge in [0.1, 0.15) is 10.7 Å². The third-order valence-electron chi connectivity index (χ3n) is 3.21. The minimum Gasteiger partial charge on any atom is -0.493 e. The summed E-state index contributed by atoms with van der Waals surface area (Å²) in [5.74, 6) is 1.30. The minimum atomic E-state index is -3.37. The number of anilines is 1. The van der Waals surface area contributed by atoms with E-state index in [1.54, 1.807) is 18.2 Å². The van der Waals surface area contributed by atoms with Crippen molar-refractivity contribution in [2.75, 3.05) is 25.3 Å². The van der Waals surface area contributed by atoms with Crippen LogP contribution in [0, 0.1) is 0 Å². The van der Waals surface area contributed by atoms with Crippen molar-refractivity contribution in [2.24, 2.45) is 0 Å². The van der Waals surface area contributed by atoms with Crippen LogP contribution < -0.4 is 14.8 Å². The number of nitrogens with zero attached hydrogens (tertiary/aromatic N) is 1. The van der Waals surface area contributed by atoms with Crippen molar-refractivity contribution < 1.29 is 17.9 Å². The Kier molecular flexibility index (Phi) is 5.90. The Morgan fingerprint density at radius 1 is 1.33 bits per heavy atom. The Hall–Kier alpha value is -1.99. The van der Waals surface area contributed by atoms with E-state index in [0.717, 1.165) is 11.8 Å². The van der Waals surface area contributed by atoms with Gasteiger partial charge in [-0.25, -0.2) is 13.4 Å². The first-order valence-corrected chi connectivity index (χ1v) is 9.52. The van der Waals surface area contributed by atoms with Crippen LogP contribution in [0.15, 0.2) is 35.4 Å². The summed E-state index contributed by atoms with van der Waals surface area (Å²) in [6, 6.07) is 6.62. The summed E-state index contributed by atoms with van der Waals surface area (Å²) in [5, 5.41) is 3.45. The number of sulfone groups is 1. The zero-order valence-electron chi connectivity index (χ0n) is 13.7. The maximum absolute atomic E-state index is 11.8. The Balaban J connectivity index is 2.26. The molecule has 1 N–H and O–H groups in total. The average molecular weight is 371 g/mol. The molecular formula is C16H19ClN2O4S. The summed E-state index contributed by atoms with van der Waals surface area (Å²) >= 11 is 6.23. The van der Waals surface area contributed by atoms with Gasteiger partial charge in [0, 0.05) is 19.0 Å². The van der Waals surface area contributed by atoms with Gasteiger partial charge in [0.2, 0.25) is 0 Å². The lowest BCUT2D eigenvalue weighted by Gasteiger charge is -2.14. The predicted octanol–water partition coefficient (Wildman–Crippen LogP) is 3.16. The summed E-state index contributed by atoms with van der Waals surface area (Å²) in [5.41, 5.74) is 0.811. The molecule has 0 radical (unpaired) electrons. The molecule has 0 atom stereocenters. The Labute approximate surface area is 146 Å². The molecule has 2 rings (SSSR count). The van der Waals surface area contributed by atoms with Crippen LogP contribution in [0.1, 0.15) is 12.5 Å². The second-order valence-corrected chi connectivity index (χ2v) is 7.41. The normalized spacial score (nSPS) is 11.2. The van der Waals surface area contributed by atoms with Gasteiger partial charge in [0.05, 0.1) is 18.7 Å². The van der Waals surface area contributed by atoms with Gasteiger partial charge in [-0.1, -0.05) is 11.6 Å². The molecule has 2 aromatic rings. The van der Waals surface area contributed by atoms with Gasteiger partial charge < -0.3 is 14.8 Å². The number of ether oxygens (including phenoxy) is 2. The van der Waals surface area contributed by atoms with Crippen molar-refractivity contribution in [1.29, 1.82) is 0 Å². The van der Waals surface area contributed by atoms with E-state index in [-0.39, 0.29) is 4.90 Å². The number of hydrogen-bond donors (Lipinski definition) is 1. The highest BCUT2D eigenvalue weighted by atomic mass is 35.5. The molecule has 0 fully saturated rings. The smallest absolute Gasteiger partial charge is 0.179 e. The number of aromatic nitrogens is 1. The number of pyridine rings is 1. The second-order valence-electron chi connectivity index (χ2n) is 5.02. The van der Waals surface area contributed by atoms with Gasteiger partial charge in [-0.2, -0.15) is 0 Å². The number of halogens is 1. The van der Waals surface area contributed by atoms with Crippen LogP contribution in [0.4, 0.5) is 5.82 Å². The lowest BCUT2D eigenvalue weighted by Crippen LogP contribution is -2.08. The monoisotopic (exact) mass is 370 g/mol. The molecule has 0 aliphatic rings. The minimum absolute atomic E-state index is 0.147. The molecule has 0 bridgehead atoms. The van der Waals surface area contributed by atoms with E-state index in [1.165, 1.54) is 19.4 Å². The van der Waals surface area contributed by atoms with Crippen molar-refractivity contribution in [3.63, 3.8) is 0 Å². The SMILES string of the molecule is CCOc1c(Cl)cc(CNc2ncccc2S(C)(=O)=O)cc1OC. The second kappa shape index (κ2) is 7.72. The molecule has 0 saturated heterocycles. The van der Waals surface area contributed by atoms with Crippen molar-refractivity contribution >= 4 is 27.3 Å². The number of rotatable bonds is 7. The summed E-state index contributed by atoms with van der Waals surface area (Å²) in [6.45, 7) is 2.67. The summed E-state index contributed by atoms with van der Waals surface area (Å²) in [4.78, 5) is 4.24. The van der Waals surface area contributed by atoms with Gasteiger partial charge >= 0.3 is 0 Å². The summed E-state index contributed by atoms with van der Waals surface area (Å²) < 4.78 is 34.4. The first kappa shape index (κ1) is 18.4. The number of benzene rings is 1. The molecule has 0 amide bonds. The van der Waals surface area contributed by atoms with Crippen LogP contribution in [0.5, 0.6) is 11.5 Å². The lowest BCUT2D eigenvalue weighted by molar-refractivity contribution is 0.311. The van der Waals surface area contributed by atoms with Crippen LogP contribution in [0.25, 0.3) is 0 Å². The number of methoxy groups -OCH3 is 1. The van der Waals surface area contributed by atoms with E-state index in [9.17, 15) is 8.42 Å². The first-order valence-electron chi connectivity index (χ1n) is 7.25. The van der Waals surface area contributed by atoms with E-state index in [4.69, 9.17) is 21.1 Å². The van der Waals surface area contributed by atoms with Crippen molar-refractivity contribution in [3.8, 4) is 11.5 Å². The molecule has 0 aliphatic heterocycles. The van der Waals surface area contributed by atoms with E-state index in [0.29, 0.717) is 35.5 Å². The summed E-state index contributed by atoms with van der Waals surface area (Å²) in [6.07, 6.45) is 2.68. The number of hydrogen-bond acceptors (Lipinski definition) is 6. The zero-order valence-corrected chi connectivity index (χ0v) is 15.2. The highest BCUT2D eigenvalue weighted by Crippen LogP contribution is 2.36. The van der Waals surface area contributed by atoms with E-state index >= 15 is 0 Å².